The Morgan fingerprint density at radius 2 is 1.76 bits per heavy atom. The van der Waals surface area contributed by atoms with Crippen molar-refractivity contribution >= 4 is 0 Å². The second kappa shape index (κ2) is 4.84. The molecular formula is C13H27NO3. The zero-order valence-corrected chi connectivity index (χ0v) is 11.9. The van der Waals surface area contributed by atoms with Crippen LogP contribution in [0.15, 0.2) is 0 Å². The van der Waals surface area contributed by atoms with E-state index in [1.54, 1.807) is 0 Å². The molecule has 1 heterocycles. The highest BCUT2D eigenvalue weighted by atomic mass is 16.7. The van der Waals surface area contributed by atoms with E-state index >= 15 is 0 Å². The number of hydrogen-bond donors (Lipinski definition) is 2. The summed E-state index contributed by atoms with van der Waals surface area (Å²) in [5.41, 5.74) is -0.868. The Bertz CT molecular complexity index is 263. The van der Waals surface area contributed by atoms with Crippen LogP contribution in [-0.2, 0) is 4.84 Å². The van der Waals surface area contributed by atoms with Crippen LogP contribution in [0.4, 0.5) is 0 Å². The zero-order valence-electron chi connectivity index (χ0n) is 11.9. The van der Waals surface area contributed by atoms with Gasteiger partial charge in [-0.25, -0.2) is 0 Å². The molecule has 0 aromatic rings. The first-order valence-corrected chi connectivity index (χ1v) is 6.38. The fraction of sp³-hybridized carbons (Fsp3) is 1.00. The van der Waals surface area contributed by atoms with E-state index in [4.69, 9.17) is 4.84 Å². The third-order valence-electron chi connectivity index (χ3n) is 3.41. The molecule has 0 radical (unpaired) electrons. The highest BCUT2D eigenvalue weighted by Crippen LogP contribution is 2.38. The third-order valence-corrected chi connectivity index (χ3v) is 3.41. The van der Waals surface area contributed by atoms with Crippen LogP contribution >= 0.6 is 0 Å². The van der Waals surface area contributed by atoms with Crippen molar-refractivity contribution in [3.8, 4) is 0 Å². The summed E-state index contributed by atoms with van der Waals surface area (Å²) in [7, 11) is 0. The van der Waals surface area contributed by atoms with E-state index < -0.39 is 17.7 Å². The summed E-state index contributed by atoms with van der Waals surface area (Å²) >= 11 is 0. The number of aliphatic hydroxyl groups excluding tert-OH is 2. The molecule has 1 saturated heterocycles. The van der Waals surface area contributed by atoms with Gasteiger partial charge < -0.3 is 10.2 Å². The number of rotatable bonds is 3. The van der Waals surface area contributed by atoms with Crippen molar-refractivity contribution in [2.45, 2.75) is 71.2 Å². The number of hydroxylamine groups is 2. The SMILES string of the molecule is CC(C)CON1C(C)(C)CC(O)C(O)C1(C)C. The molecule has 4 nitrogen and oxygen atoms in total. The number of hydrogen-bond acceptors (Lipinski definition) is 4. The molecule has 0 aromatic heterocycles. The minimum absolute atomic E-state index is 0.281. The molecule has 1 rings (SSSR count). The molecular weight excluding hydrogens is 218 g/mol. The van der Waals surface area contributed by atoms with Crippen molar-refractivity contribution in [3.05, 3.63) is 0 Å². The first-order valence-electron chi connectivity index (χ1n) is 6.38. The molecule has 4 heteroatoms. The predicted molar refractivity (Wildman–Crippen MR) is 67.4 cm³/mol. The van der Waals surface area contributed by atoms with Crippen LogP contribution in [-0.4, -0.2) is 45.2 Å². The van der Waals surface area contributed by atoms with E-state index in [1.165, 1.54) is 0 Å². The standard InChI is InChI=1S/C13H27NO3/c1-9(2)8-17-14-12(3,4)7-10(15)11(16)13(14,5)6/h9-11,15-16H,7-8H2,1-6H3. The summed E-state index contributed by atoms with van der Waals surface area (Å²) in [5, 5.41) is 21.9. The predicted octanol–water partition coefficient (Wildman–Crippen LogP) is 1.56. The van der Waals surface area contributed by atoms with Gasteiger partial charge in [-0.2, -0.15) is 5.06 Å². The van der Waals surface area contributed by atoms with Crippen LogP contribution in [0.25, 0.3) is 0 Å². The first-order chi connectivity index (χ1) is 7.59. The minimum atomic E-state index is -0.789. The van der Waals surface area contributed by atoms with Gasteiger partial charge in [-0.15, -0.1) is 0 Å². The molecule has 2 unspecified atom stereocenters. The van der Waals surface area contributed by atoms with Gasteiger partial charge in [0.2, 0.25) is 0 Å². The van der Waals surface area contributed by atoms with Gasteiger partial charge in [0.1, 0.15) is 6.10 Å². The number of piperidine rings is 1. The minimum Gasteiger partial charge on any atom is -0.390 e. The van der Waals surface area contributed by atoms with Crippen molar-refractivity contribution < 1.29 is 15.1 Å². The maximum Gasteiger partial charge on any atom is 0.100 e. The van der Waals surface area contributed by atoms with E-state index in [2.05, 4.69) is 13.8 Å². The van der Waals surface area contributed by atoms with Crippen molar-refractivity contribution in [3.63, 3.8) is 0 Å². The Morgan fingerprint density at radius 1 is 1.24 bits per heavy atom. The fourth-order valence-corrected chi connectivity index (χ4v) is 2.64. The average Bonchev–Trinajstić information content (AvgIpc) is 2.12. The molecule has 0 spiro atoms. The van der Waals surface area contributed by atoms with Crippen LogP contribution in [0, 0.1) is 5.92 Å². The summed E-state index contributed by atoms with van der Waals surface area (Å²) in [6.45, 7) is 12.7. The Labute approximate surface area is 105 Å². The third kappa shape index (κ3) is 2.99. The average molecular weight is 245 g/mol. The lowest BCUT2D eigenvalue weighted by Gasteiger charge is -2.55. The maximum atomic E-state index is 10.1. The molecule has 2 N–H and O–H groups in total. The molecule has 0 bridgehead atoms. The van der Waals surface area contributed by atoms with E-state index in [0.717, 1.165) is 0 Å². The van der Waals surface area contributed by atoms with Crippen LogP contribution in [0.2, 0.25) is 0 Å². The Balaban J connectivity index is 2.88. The molecule has 0 aliphatic carbocycles. The maximum absolute atomic E-state index is 10.1. The Morgan fingerprint density at radius 3 is 2.24 bits per heavy atom. The molecule has 1 aliphatic rings. The first kappa shape index (κ1) is 14.9. The van der Waals surface area contributed by atoms with E-state index in [0.29, 0.717) is 18.9 Å². The molecule has 1 fully saturated rings. The largest absolute Gasteiger partial charge is 0.390 e. The summed E-state index contributed by atoms with van der Waals surface area (Å²) in [4.78, 5) is 5.86. The molecule has 0 saturated carbocycles. The second-order valence-corrected chi connectivity index (χ2v) is 6.67. The van der Waals surface area contributed by atoms with Crippen LogP contribution in [0.5, 0.6) is 0 Å². The summed E-state index contributed by atoms with van der Waals surface area (Å²) in [5.74, 6) is 0.436. The van der Waals surface area contributed by atoms with Crippen LogP contribution < -0.4 is 0 Å². The van der Waals surface area contributed by atoms with Crippen molar-refractivity contribution in [1.82, 2.24) is 5.06 Å². The summed E-state index contributed by atoms with van der Waals surface area (Å²) in [6.07, 6.45) is -0.975. The topological polar surface area (TPSA) is 52.9 Å². The van der Waals surface area contributed by atoms with Crippen LogP contribution in [0.1, 0.15) is 48.0 Å². The lowest BCUT2D eigenvalue weighted by molar-refractivity contribution is -0.321. The molecule has 2 atom stereocenters. The molecule has 0 amide bonds. The van der Waals surface area contributed by atoms with Gasteiger partial charge in [0.25, 0.3) is 0 Å². The number of nitrogens with zero attached hydrogens (tertiary/aromatic N) is 1. The number of aliphatic hydroxyl groups is 2. The quantitative estimate of drug-likeness (QED) is 0.792. The Hall–Kier alpha value is -0.160. The normalized spacial score (nSPS) is 33.0. The monoisotopic (exact) mass is 245 g/mol. The second-order valence-electron chi connectivity index (χ2n) is 6.67. The Kier molecular flexibility index (Phi) is 4.24. The highest BCUT2D eigenvalue weighted by molar-refractivity contribution is 5.02. The fourth-order valence-electron chi connectivity index (χ4n) is 2.64. The van der Waals surface area contributed by atoms with Crippen molar-refractivity contribution in [1.29, 1.82) is 0 Å². The lowest BCUT2D eigenvalue weighted by atomic mass is 9.78. The van der Waals surface area contributed by atoms with Gasteiger partial charge in [0.15, 0.2) is 0 Å². The zero-order chi connectivity index (χ0) is 13.4. The van der Waals surface area contributed by atoms with Gasteiger partial charge in [-0.1, -0.05) is 13.8 Å². The van der Waals surface area contributed by atoms with Gasteiger partial charge >= 0.3 is 0 Å². The van der Waals surface area contributed by atoms with Gasteiger partial charge in [0.05, 0.1) is 18.2 Å². The lowest BCUT2D eigenvalue weighted by Crippen LogP contribution is -2.68. The smallest absolute Gasteiger partial charge is 0.100 e. The molecule has 17 heavy (non-hydrogen) atoms. The van der Waals surface area contributed by atoms with E-state index in [9.17, 15) is 10.2 Å². The van der Waals surface area contributed by atoms with Gasteiger partial charge in [0, 0.05) is 5.54 Å². The van der Waals surface area contributed by atoms with Gasteiger partial charge in [-0.3, -0.25) is 4.84 Å². The van der Waals surface area contributed by atoms with E-state index in [1.807, 2.05) is 32.8 Å². The van der Waals surface area contributed by atoms with Crippen LogP contribution in [0.3, 0.4) is 0 Å². The molecule has 102 valence electrons. The van der Waals surface area contributed by atoms with Crippen molar-refractivity contribution in [2.24, 2.45) is 5.92 Å². The van der Waals surface area contributed by atoms with E-state index in [-0.39, 0.29) is 5.54 Å². The molecule has 1 aliphatic heterocycles. The highest BCUT2D eigenvalue weighted by Gasteiger charge is 2.52. The molecule has 0 aromatic carbocycles. The van der Waals surface area contributed by atoms with Gasteiger partial charge in [-0.05, 0) is 40.0 Å². The van der Waals surface area contributed by atoms with Crippen molar-refractivity contribution in [2.75, 3.05) is 6.61 Å². The summed E-state index contributed by atoms with van der Waals surface area (Å²) < 4.78 is 0. The summed E-state index contributed by atoms with van der Waals surface area (Å²) in [6, 6.07) is 0.